The van der Waals surface area contributed by atoms with Gasteiger partial charge in [-0.05, 0) is 60.4 Å². The van der Waals surface area contributed by atoms with Crippen LogP contribution in [0.2, 0.25) is 10.0 Å². The molecule has 2 aromatic rings. The van der Waals surface area contributed by atoms with Crippen LogP contribution in [0.3, 0.4) is 0 Å². The lowest BCUT2D eigenvalue weighted by Gasteiger charge is -2.25. The number of aliphatic carboxylic acids is 1. The van der Waals surface area contributed by atoms with E-state index in [1.165, 1.54) is 0 Å². The van der Waals surface area contributed by atoms with Gasteiger partial charge in [-0.2, -0.15) is 0 Å². The highest BCUT2D eigenvalue weighted by molar-refractivity contribution is 6.31. The van der Waals surface area contributed by atoms with E-state index in [0.29, 0.717) is 21.4 Å². The number of carbonyl (C=O) groups excluding carboxylic acids is 4. The van der Waals surface area contributed by atoms with Crippen LogP contribution in [0.15, 0.2) is 48.5 Å². The Morgan fingerprint density at radius 3 is 1.20 bits per heavy atom. The quantitative estimate of drug-likeness (QED) is 0.195. The number of amides is 6. The lowest BCUT2D eigenvalue weighted by molar-refractivity contribution is -0.139. The molecule has 7 N–H and O–H groups in total. The molecule has 0 aliphatic carbocycles. The van der Waals surface area contributed by atoms with Crippen molar-refractivity contribution in [2.75, 3.05) is 10.6 Å². The second kappa shape index (κ2) is 14.9. The van der Waals surface area contributed by atoms with Crippen LogP contribution in [0.1, 0.15) is 27.7 Å². The minimum absolute atomic E-state index is 0.372. The Balaban J connectivity index is 2.00. The minimum Gasteiger partial charge on any atom is -0.478 e. The highest BCUT2D eigenvalue weighted by Crippen LogP contribution is 2.16. The molecule has 2 aromatic carbocycles. The smallest absolute Gasteiger partial charge is 0.347 e. The van der Waals surface area contributed by atoms with E-state index >= 15 is 0 Å². The third kappa shape index (κ3) is 10.3. The lowest BCUT2D eigenvalue weighted by Crippen LogP contribution is -2.61. The monoisotopic (exact) mass is 594 g/mol. The molecule has 40 heavy (non-hydrogen) atoms. The maximum atomic E-state index is 12.7. The van der Waals surface area contributed by atoms with Crippen LogP contribution in [-0.4, -0.2) is 53.2 Å². The molecule has 0 saturated carbocycles. The molecule has 2 rings (SSSR count). The van der Waals surface area contributed by atoms with Gasteiger partial charge in [0.1, 0.15) is 12.1 Å². The highest BCUT2D eigenvalue weighted by atomic mass is 35.5. The number of carboxylic acids is 1. The van der Waals surface area contributed by atoms with Crippen LogP contribution in [0, 0.1) is 11.8 Å². The third-order valence-corrected chi connectivity index (χ3v) is 6.00. The van der Waals surface area contributed by atoms with Crippen LogP contribution >= 0.6 is 23.2 Å². The van der Waals surface area contributed by atoms with Crippen molar-refractivity contribution in [2.45, 2.75) is 45.9 Å². The molecule has 0 radical (unpaired) electrons. The average Bonchev–Trinajstić information content (AvgIpc) is 2.87. The van der Waals surface area contributed by atoms with Gasteiger partial charge in [0.05, 0.1) is 0 Å². The summed E-state index contributed by atoms with van der Waals surface area (Å²) in [5, 5.41) is 24.8. The molecule has 0 bridgehead atoms. The summed E-state index contributed by atoms with van der Waals surface area (Å²) in [5.41, 5.74) is 0.896. The van der Waals surface area contributed by atoms with Crippen molar-refractivity contribution in [1.29, 1.82) is 0 Å². The molecular weight excluding hydrogens is 563 g/mol. The number of hydrogen-bond donors (Lipinski definition) is 7. The molecule has 0 spiro atoms. The fourth-order valence-electron chi connectivity index (χ4n) is 3.36. The Hall–Kier alpha value is -4.03. The zero-order chi connectivity index (χ0) is 30.0. The van der Waals surface area contributed by atoms with Gasteiger partial charge >= 0.3 is 18.0 Å². The number of hydrogen-bond acceptors (Lipinski definition) is 5. The molecular formula is C26H32Cl2N6O6. The number of rotatable bonds is 11. The zero-order valence-electron chi connectivity index (χ0n) is 22.2. The van der Waals surface area contributed by atoms with Gasteiger partial charge in [-0.1, -0.05) is 50.9 Å². The van der Waals surface area contributed by atoms with Gasteiger partial charge in [0.15, 0.2) is 0 Å². The SMILES string of the molecule is CC(C)C(NC(=O)NC(NC(=O)NC(C(=O)Nc1ccc(Cl)cc1)C(C)C)C(=O)O)C(=O)Nc1ccc(Cl)cc1. The molecule has 0 heterocycles. The number of urea groups is 2. The number of benzene rings is 2. The van der Waals surface area contributed by atoms with E-state index in [0.717, 1.165) is 0 Å². The highest BCUT2D eigenvalue weighted by Gasteiger charge is 2.30. The fourth-order valence-corrected chi connectivity index (χ4v) is 3.62. The number of carboxylic acid groups (broad SMARTS) is 1. The van der Waals surface area contributed by atoms with Gasteiger partial charge in [0, 0.05) is 21.4 Å². The maximum absolute atomic E-state index is 12.7. The molecule has 2 atom stereocenters. The predicted octanol–water partition coefficient (Wildman–Crippen LogP) is 3.63. The van der Waals surface area contributed by atoms with E-state index < -0.39 is 48.1 Å². The van der Waals surface area contributed by atoms with Gasteiger partial charge in [-0.15, -0.1) is 0 Å². The molecule has 0 saturated heterocycles. The molecule has 12 nitrogen and oxygen atoms in total. The van der Waals surface area contributed by atoms with Crippen molar-refractivity contribution in [2.24, 2.45) is 11.8 Å². The number of halogens is 2. The molecule has 0 fully saturated rings. The van der Waals surface area contributed by atoms with Gasteiger partial charge in [0.25, 0.3) is 0 Å². The van der Waals surface area contributed by atoms with Crippen molar-refractivity contribution in [1.82, 2.24) is 21.3 Å². The summed E-state index contributed by atoms with van der Waals surface area (Å²) in [4.78, 5) is 62.4. The zero-order valence-corrected chi connectivity index (χ0v) is 23.8. The fraction of sp³-hybridized carbons (Fsp3) is 0.346. The summed E-state index contributed by atoms with van der Waals surface area (Å²) < 4.78 is 0. The first-order valence-corrected chi connectivity index (χ1v) is 13.0. The summed E-state index contributed by atoms with van der Waals surface area (Å²) in [6.45, 7) is 6.75. The van der Waals surface area contributed by atoms with Crippen molar-refractivity contribution in [3.63, 3.8) is 0 Å². The van der Waals surface area contributed by atoms with E-state index in [2.05, 4.69) is 31.9 Å². The van der Waals surface area contributed by atoms with Crippen molar-refractivity contribution >= 4 is 64.4 Å². The normalized spacial score (nSPS) is 13.0. The van der Waals surface area contributed by atoms with Gasteiger partial charge in [-0.3, -0.25) is 9.59 Å². The number of carbonyl (C=O) groups is 5. The number of anilines is 2. The van der Waals surface area contributed by atoms with Crippen LogP contribution in [-0.2, 0) is 14.4 Å². The predicted molar refractivity (Wildman–Crippen MR) is 152 cm³/mol. The molecule has 6 amide bonds. The second-order valence-electron chi connectivity index (χ2n) is 9.44. The van der Waals surface area contributed by atoms with Crippen molar-refractivity contribution < 1.29 is 29.1 Å². The Morgan fingerprint density at radius 1 is 0.600 bits per heavy atom. The van der Waals surface area contributed by atoms with Gasteiger partial charge in [-0.25, -0.2) is 14.4 Å². The van der Waals surface area contributed by atoms with Crippen LogP contribution in [0.25, 0.3) is 0 Å². The summed E-state index contributed by atoms with van der Waals surface area (Å²) in [5.74, 6) is -3.41. The summed E-state index contributed by atoms with van der Waals surface area (Å²) in [6, 6.07) is 8.56. The first kappa shape index (κ1) is 32.2. The topological polar surface area (TPSA) is 178 Å². The standard InChI is InChI=1S/C26H32Cl2N6O6/c1-13(2)19(22(35)29-17-9-5-15(27)6-10-17)31-25(39)33-21(24(37)38)34-26(40)32-20(14(3)4)23(36)30-18-11-7-16(28)8-12-18/h5-14,19-21H,1-4H3,(H,29,35)(H,30,36)(H,37,38)(H2,31,33,39)(H2,32,34,40). The number of nitrogens with one attached hydrogen (secondary N) is 6. The Kier molecular flexibility index (Phi) is 12.0. The van der Waals surface area contributed by atoms with Crippen LogP contribution in [0.4, 0.5) is 21.0 Å². The lowest BCUT2D eigenvalue weighted by atomic mass is 10.0. The first-order chi connectivity index (χ1) is 18.8. The van der Waals surface area contributed by atoms with E-state index in [-0.39, 0.29) is 11.8 Å². The van der Waals surface area contributed by atoms with Gasteiger partial charge < -0.3 is 37.0 Å². The van der Waals surface area contributed by atoms with E-state index in [1.54, 1.807) is 76.2 Å². The maximum Gasteiger partial charge on any atom is 0.347 e. The molecule has 0 aliphatic rings. The van der Waals surface area contributed by atoms with E-state index in [1.807, 2.05) is 0 Å². The largest absolute Gasteiger partial charge is 0.478 e. The molecule has 0 aliphatic heterocycles. The summed E-state index contributed by atoms with van der Waals surface area (Å²) >= 11 is 11.7. The van der Waals surface area contributed by atoms with Crippen molar-refractivity contribution in [3.8, 4) is 0 Å². The molecule has 2 unspecified atom stereocenters. The Morgan fingerprint density at radius 2 is 0.925 bits per heavy atom. The van der Waals surface area contributed by atoms with Gasteiger partial charge in [0.2, 0.25) is 18.0 Å². The minimum atomic E-state index is -1.88. The second-order valence-corrected chi connectivity index (χ2v) is 10.3. The average molecular weight is 595 g/mol. The van der Waals surface area contributed by atoms with Crippen molar-refractivity contribution in [3.05, 3.63) is 58.6 Å². The first-order valence-electron chi connectivity index (χ1n) is 12.3. The van der Waals surface area contributed by atoms with E-state index in [9.17, 15) is 29.1 Å². The van der Waals surface area contributed by atoms with Crippen LogP contribution < -0.4 is 31.9 Å². The molecule has 0 aromatic heterocycles. The summed E-state index contributed by atoms with van der Waals surface area (Å²) in [6.07, 6.45) is -1.88. The molecule has 216 valence electrons. The molecule has 14 heteroatoms. The third-order valence-electron chi connectivity index (χ3n) is 5.49. The van der Waals surface area contributed by atoms with Crippen LogP contribution in [0.5, 0.6) is 0 Å². The Bertz CT molecular complexity index is 1120. The Labute approximate surface area is 241 Å². The summed E-state index contributed by atoms with van der Waals surface area (Å²) in [7, 11) is 0. The van der Waals surface area contributed by atoms with E-state index in [4.69, 9.17) is 23.2 Å².